The van der Waals surface area contributed by atoms with Gasteiger partial charge in [0.15, 0.2) is 0 Å². The number of nitrogens with zero attached hydrogens (tertiary/aromatic N) is 2. The summed E-state index contributed by atoms with van der Waals surface area (Å²) in [7, 11) is 1.90. The van der Waals surface area contributed by atoms with Gasteiger partial charge in [0.2, 0.25) is 0 Å². The molecule has 70 valence electrons. The van der Waals surface area contributed by atoms with E-state index in [0.29, 0.717) is 0 Å². The highest BCUT2D eigenvalue weighted by molar-refractivity contribution is 7.03. The van der Waals surface area contributed by atoms with Crippen molar-refractivity contribution in [2.45, 2.75) is 12.5 Å². The Hall–Kier alpha value is -0.940. The summed E-state index contributed by atoms with van der Waals surface area (Å²) < 4.78 is 9.30. The van der Waals surface area contributed by atoms with Crippen molar-refractivity contribution in [3.63, 3.8) is 0 Å². The van der Waals surface area contributed by atoms with Crippen LogP contribution in [-0.4, -0.2) is 23.2 Å². The van der Waals surface area contributed by atoms with E-state index in [9.17, 15) is 0 Å². The van der Waals surface area contributed by atoms with Gasteiger partial charge >= 0.3 is 0 Å². The Morgan fingerprint density at radius 1 is 1.69 bits per heavy atom. The van der Waals surface area contributed by atoms with E-state index in [2.05, 4.69) is 21.0 Å². The van der Waals surface area contributed by atoms with Gasteiger partial charge in [0.25, 0.3) is 0 Å². The molecule has 1 aromatic rings. The van der Waals surface area contributed by atoms with Crippen LogP contribution in [0, 0.1) is 0 Å². The molecule has 0 bridgehead atoms. The van der Waals surface area contributed by atoms with Crippen LogP contribution in [-0.2, 0) is 4.74 Å². The van der Waals surface area contributed by atoms with E-state index in [0.717, 1.165) is 24.5 Å². The summed E-state index contributed by atoms with van der Waals surface area (Å²) in [5.41, 5.74) is 0.931. The van der Waals surface area contributed by atoms with E-state index in [1.807, 2.05) is 12.4 Å². The summed E-state index contributed by atoms with van der Waals surface area (Å²) in [4.78, 5) is 0. The molecule has 1 atom stereocenters. The predicted octanol–water partition coefficient (Wildman–Crippen LogP) is 1.10. The average molecular weight is 197 g/mol. The molecule has 0 aromatic carbocycles. The van der Waals surface area contributed by atoms with Crippen LogP contribution in [0.3, 0.4) is 0 Å². The Kier molecular flexibility index (Phi) is 2.56. The molecule has 1 aromatic heterocycles. The van der Waals surface area contributed by atoms with Crippen molar-refractivity contribution < 1.29 is 4.74 Å². The lowest BCUT2D eigenvalue weighted by atomic mass is 10.2. The first kappa shape index (κ1) is 8.65. The van der Waals surface area contributed by atoms with Gasteiger partial charge in [-0.15, -0.1) is 5.10 Å². The van der Waals surface area contributed by atoms with E-state index in [1.165, 1.54) is 11.5 Å². The zero-order valence-electron chi connectivity index (χ0n) is 7.36. The standard InChI is InChI=1S/C8H11N3OS/c1-9-8(6-5-13-11-10-6)7-3-2-4-12-7/h3,5,8-9H,2,4H2,1H3. The highest BCUT2D eigenvalue weighted by Crippen LogP contribution is 2.24. The summed E-state index contributed by atoms with van der Waals surface area (Å²) in [5.74, 6) is 0.968. The van der Waals surface area contributed by atoms with Crippen LogP contribution in [0.25, 0.3) is 0 Å². The predicted molar refractivity (Wildman–Crippen MR) is 50.4 cm³/mol. The molecule has 2 rings (SSSR count). The first-order valence-electron chi connectivity index (χ1n) is 4.19. The number of hydrogen-bond acceptors (Lipinski definition) is 5. The maximum Gasteiger partial charge on any atom is 0.115 e. The normalized spacial score (nSPS) is 18.1. The second-order valence-electron chi connectivity index (χ2n) is 2.80. The molecule has 0 spiro atoms. The number of ether oxygens (including phenoxy) is 1. The minimum absolute atomic E-state index is 0.0706. The molecule has 1 N–H and O–H groups in total. The molecule has 5 heteroatoms. The van der Waals surface area contributed by atoms with Gasteiger partial charge in [0.1, 0.15) is 17.5 Å². The third-order valence-corrected chi connectivity index (χ3v) is 2.50. The molecule has 2 heterocycles. The summed E-state index contributed by atoms with van der Waals surface area (Å²) >= 11 is 1.36. The Morgan fingerprint density at radius 2 is 2.62 bits per heavy atom. The summed E-state index contributed by atoms with van der Waals surface area (Å²) in [6, 6.07) is 0.0706. The van der Waals surface area contributed by atoms with Crippen molar-refractivity contribution in [1.29, 1.82) is 0 Å². The molecule has 13 heavy (non-hydrogen) atoms. The van der Waals surface area contributed by atoms with Crippen molar-refractivity contribution in [3.05, 3.63) is 22.9 Å². The van der Waals surface area contributed by atoms with Gasteiger partial charge < -0.3 is 10.1 Å². The van der Waals surface area contributed by atoms with Crippen LogP contribution in [0.4, 0.5) is 0 Å². The quantitative estimate of drug-likeness (QED) is 0.788. The summed E-state index contributed by atoms with van der Waals surface area (Å²) in [5, 5.41) is 9.11. The minimum Gasteiger partial charge on any atom is -0.496 e. The van der Waals surface area contributed by atoms with Crippen molar-refractivity contribution in [2.24, 2.45) is 0 Å². The summed E-state index contributed by atoms with van der Waals surface area (Å²) in [6.45, 7) is 0.783. The molecule has 1 aliphatic rings. The Bertz CT molecular complexity index is 296. The molecule has 4 nitrogen and oxygen atoms in total. The Labute approximate surface area is 80.8 Å². The van der Waals surface area contributed by atoms with Gasteiger partial charge in [-0.3, -0.25) is 0 Å². The van der Waals surface area contributed by atoms with E-state index in [4.69, 9.17) is 4.74 Å². The highest BCUT2D eigenvalue weighted by Gasteiger charge is 2.20. The van der Waals surface area contributed by atoms with E-state index in [-0.39, 0.29) is 6.04 Å². The third kappa shape index (κ3) is 1.71. The number of aromatic nitrogens is 2. The van der Waals surface area contributed by atoms with Gasteiger partial charge in [0.05, 0.1) is 6.61 Å². The Balaban J connectivity index is 2.18. The lowest BCUT2D eigenvalue weighted by Gasteiger charge is -2.14. The molecule has 0 saturated heterocycles. The summed E-state index contributed by atoms with van der Waals surface area (Å²) in [6.07, 6.45) is 3.09. The molecular formula is C8H11N3OS. The molecule has 0 saturated carbocycles. The van der Waals surface area contributed by atoms with Crippen LogP contribution < -0.4 is 5.32 Å². The first-order chi connectivity index (χ1) is 6.42. The molecule has 1 unspecified atom stereocenters. The van der Waals surface area contributed by atoms with E-state index >= 15 is 0 Å². The second-order valence-corrected chi connectivity index (χ2v) is 3.40. The van der Waals surface area contributed by atoms with Gasteiger partial charge in [-0.25, -0.2) is 0 Å². The molecule has 0 amide bonds. The van der Waals surface area contributed by atoms with E-state index in [1.54, 1.807) is 0 Å². The van der Waals surface area contributed by atoms with Crippen LogP contribution >= 0.6 is 11.5 Å². The average Bonchev–Trinajstić information content (AvgIpc) is 2.76. The monoisotopic (exact) mass is 197 g/mol. The van der Waals surface area contributed by atoms with Gasteiger partial charge in [0, 0.05) is 11.8 Å². The number of likely N-dealkylation sites (N-methyl/N-ethyl adjacent to an activating group) is 1. The molecule has 0 fully saturated rings. The maximum atomic E-state index is 5.47. The van der Waals surface area contributed by atoms with Crippen LogP contribution in [0.15, 0.2) is 17.2 Å². The van der Waals surface area contributed by atoms with Crippen molar-refractivity contribution in [3.8, 4) is 0 Å². The number of rotatable bonds is 3. The second kappa shape index (κ2) is 3.85. The van der Waals surface area contributed by atoms with Crippen molar-refractivity contribution in [2.75, 3.05) is 13.7 Å². The lowest BCUT2D eigenvalue weighted by molar-refractivity contribution is 0.217. The van der Waals surface area contributed by atoms with Crippen LogP contribution in [0.5, 0.6) is 0 Å². The van der Waals surface area contributed by atoms with Gasteiger partial charge in [-0.1, -0.05) is 4.49 Å². The largest absolute Gasteiger partial charge is 0.496 e. The Morgan fingerprint density at radius 3 is 3.15 bits per heavy atom. The third-order valence-electron chi connectivity index (χ3n) is 1.98. The number of nitrogens with one attached hydrogen (secondary N) is 1. The smallest absolute Gasteiger partial charge is 0.115 e. The molecule has 0 radical (unpaired) electrons. The van der Waals surface area contributed by atoms with Crippen LogP contribution in [0.1, 0.15) is 18.2 Å². The SMILES string of the molecule is CNC(C1=CCCO1)c1csnn1. The maximum absolute atomic E-state index is 5.47. The fraction of sp³-hybridized carbons (Fsp3) is 0.500. The zero-order valence-corrected chi connectivity index (χ0v) is 8.17. The minimum atomic E-state index is 0.0706. The molecule has 1 aliphatic heterocycles. The first-order valence-corrected chi connectivity index (χ1v) is 5.02. The zero-order chi connectivity index (χ0) is 9.10. The highest BCUT2D eigenvalue weighted by atomic mass is 32.1. The number of hydrogen-bond donors (Lipinski definition) is 1. The fourth-order valence-electron chi connectivity index (χ4n) is 1.37. The van der Waals surface area contributed by atoms with Gasteiger partial charge in [-0.05, 0) is 24.7 Å². The fourth-order valence-corrected chi connectivity index (χ4v) is 1.85. The van der Waals surface area contributed by atoms with Gasteiger partial charge in [-0.2, -0.15) is 0 Å². The topological polar surface area (TPSA) is 47.0 Å². The lowest BCUT2D eigenvalue weighted by Crippen LogP contribution is -2.19. The van der Waals surface area contributed by atoms with E-state index < -0.39 is 0 Å². The van der Waals surface area contributed by atoms with Crippen molar-refractivity contribution in [1.82, 2.24) is 14.9 Å². The molecule has 0 aliphatic carbocycles. The molecular weight excluding hydrogens is 186 g/mol. The van der Waals surface area contributed by atoms with Crippen LogP contribution in [0.2, 0.25) is 0 Å². The van der Waals surface area contributed by atoms with Crippen molar-refractivity contribution >= 4 is 11.5 Å².